The van der Waals surface area contributed by atoms with Crippen LogP contribution in [-0.4, -0.2) is 65.1 Å². The minimum absolute atomic E-state index is 0.241. The number of ether oxygens (including phenoxy) is 1. The third-order valence-electron chi connectivity index (χ3n) is 5.68. The fourth-order valence-corrected chi connectivity index (χ4v) is 4.04. The van der Waals surface area contributed by atoms with E-state index in [1.54, 1.807) is 6.20 Å². The molecule has 9 heteroatoms. The zero-order valence-electron chi connectivity index (χ0n) is 16.4. The molecule has 0 unspecified atom stereocenters. The standard InChI is InChI=1S/C20H26N8O/c21-14-5-8-27(9-6-14)28-19(15-2-1-7-23-18(15)22)24-16-3-4-17(25-20(16)28)26-10-12-29-13-11-26/h1-4,7,14H,5-6,8-13,21H2,(H2,22,23). The van der Waals surface area contributed by atoms with Gasteiger partial charge in [0.2, 0.25) is 0 Å². The highest BCUT2D eigenvalue weighted by Crippen LogP contribution is 2.29. The monoisotopic (exact) mass is 394 g/mol. The quantitative estimate of drug-likeness (QED) is 0.676. The maximum absolute atomic E-state index is 6.20. The Balaban J connectivity index is 1.65. The third kappa shape index (κ3) is 3.36. The van der Waals surface area contributed by atoms with Crippen LogP contribution >= 0.6 is 0 Å². The molecule has 2 aliphatic rings. The Morgan fingerprint density at radius 3 is 2.55 bits per heavy atom. The SMILES string of the molecule is Nc1ncccc1-c1nc2ccc(N3CCOCC3)nc2n1N1CCC(N)CC1. The molecule has 2 saturated heterocycles. The van der Waals surface area contributed by atoms with E-state index in [0.29, 0.717) is 5.82 Å². The molecule has 4 N–H and O–H groups in total. The molecule has 29 heavy (non-hydrogen) atoms. The van der Waals surface area contributed by atoms with Gasteiger partial charge in [0, 0.05) is 38.4 Å². The predicted octanol–water partition coefficient (Wildman–Crippen LogP) is 0.971. The number of nitrogens with zero attached hydrogens (tertiary/aromatic N) is 6. The lowest BCUT2D eigenvalue weighted by Gasteiger charge is -2.34. The van der Waals surface area contributed by atoms with Gasteiger partial charge in [-0.1, -0.05) is 0 Å². The molecule has 0 aliphatic carbocycles. The number of anilines is 2. The lowest BCUT2D eigenvalue weighted by molar-refractivity contribution is 0.122. The first-order chi connectivity index (χ1) is 14.2. The van der Waals surface area contributed by atoms with E-state index in [2.05, 4.69) is 19.6 Å². The van der Waals surface area contributed by atoms with E-state index < -0.39 is 0 Å². The number of hydrogen-bond donors (Lipinski definition) is 2. The van der Waals surface area contributed by atoms with E-state index in [1.807, 2.05) is 24.3 Å². The van der Waals surface area contributed by atoms with Crippen molar-refractivity contribution in [3.05, 3.63) is 30.5 Å². The molecule has 9 nitrogen and oxygen atoms in total. The molecule has 2 fully saturated rings. The van der Waals surface area contributed by atoms with Crippen LogP contribution in [0.25, 0.3) is 22.6 Å². The Morgan fingerprint density at radius 2 is 1.79 bits per heavy atom. The number of piperidine rings is 1. The summed E-state index contributed by atoms with van der Waals surface area (Å²) in [6.45, 7) is 4.83. The molecular weight excluding hydrogens is 368 g/mol. The first-order valence-electron chi connectivity index (χ1n) is 10.1. The first kappa shape index (κ1) is 18.1. The second-order valence-corrected chi connectivity index (χ2v) is 7.59. The number of fused-ring (bicyclic) bond motifs is 1. The van der Waals surface area contributed by atoms with Crippen LogP contribution in [0.15, 0.2) is 30.5 Å². The highest BCUT2D eigenvalue weighted by atomic mass is 16.5. The number of aromatic nitrogens is 4. The van der Waals surface area contributed by atoms with Gasteiger partial charge in [0.25, 0.3) is 0 Å². The Bertz CT molecular complexity index is 1000. The molecule has 3 aromatic rings. The minimum Gasteiger partial charge on any atom is -0.383 e. The highest BCUT2D eigenvalue weighted by molar-refractivity contribution is 5.82. The van der Waals surface area contributed by atoms with Crippen LogP contribution in [0.3, 0.4) is 0 Å². The van der Waals surface area contributed by atoms with E-state index in [0.717, 1.165) is 80.6 Å². The molecule has 0 radical (unpaired) electrons. The molecule has 0 bridgehead atoms. The predicted molar refractivity (Wildman–Crippen MR) is 113 cm³/mol. The molecular formula is C20H26N8O. The van der Waals surface area contributed by atoms with Crippen LogP contribution in [0.2, 0.25) is 0 Å². The van der Waals surface area contributed by atoms with Crippen LogP contribution in [-0.2, 0) is 4.74 Å². The Morgan fingerprint density at radius 1 is 1.00 bits per heavy atom. The summed E-state index contributed by atoms with van der Waals surface area (Å²) in [5.74, 6) is 2.18. The number of nitrogen functional groups attached to an aromatic ring is 1. The van der Waals surface area contributed by atoms with Crippen molar-refractivity contribution in [3.63, 3.8) is 0 Å². The number of morpholine rings is 1. The van der Waals surface area contributed by atoms with E-state index >= 15 is 0 Å². The normalized spacial score (nSPS) is 18.5. The van der Waals surface area contributed by atoms with Crippen LogP contribution in [0.1, 0.15) is 12.8 Å². The Kier molecular flexibility index (Phi) is 4.69. The van der Waals surface area contributed by atoms with Gasteiger partial charge in [0.1, 0.15) is 17.2 Å². The van der Waals surface area contributed by atoms with Crippen LogP contribution in [0.5, 0.6) is 0 Å². The number of nitrogens with two attached hydrogens (primary N) is 2. The average molecular weight is 394 g/mol. The van der Waals surface area contributed by atoms with E-state index in [4.69, 9.17) is 26.2 Å². The number of pyridine rings is 2. The van der Waals surface area contributed by atoms with Gasteiger partial charge >= 0.3 is 0 Å². The molecule has 5 rings (SSSR count). The van der Waals surface area contributed by atoms with Crippen molar-refractivity contribution < 1.29 is 4.74 Å². The smallest absolute Gasteiger partial charge is 0.181 e. The minimum atomic E-state index is 0.241. The summed E-state index contributed by atoms with van der Waals surface area (Å²) >= 11 is 0. The summed E-state index contributed by atoms with van der Waals surface area (Å²) in [5.41, 5.74) is 14.8. The summed E-state index contributed by atoms with van der Waals surface area (Å²) in [6.07, 6.45) is 3.57. The number of rotatable bonds is 3. The zero-order valence-corrected chi connectivity index (χ0v) is 16.4. The van der Waals surface area contributed by atoms with Crippen molar-refractivity contribution in [2.24, 2.45) is 5.73 Å². The Hall–Kier alpha value is -2.91. The van der Waals surface area contributed by atoms with Gasteiger partial charge in [-0.3, -0.25) is 0 Å². The topological polar surface area (TPSA) is 111 Å². The van der Waals surface area contributed by atoms with Gasteiger partial charge in [0.15, 0.2) is 11.5 Å². The lowest BCUT2D eigenvalue weighted by Crippen LogP contribution is -2.46. The maximum Gasteiger partial charge on any atom is 0.181 e. The number of imidazole rings is 1. The summed E-state index contributed by atoms with van der Waals surface area (Å²) in [4.78, 5) is 16.4. The Labute approximate surface area is 169 Å². The molecule has 0 spiro atoms. The van der Waals surface area contributed by atoms with Crippen molar-refractivity contribution in [2.45, 2.75) is 18.9 Å². The van der Waals surface area contributed by atoms with E-state index in [1.165, 1.54) is 0 Å². The summed E-state index contributed by atoms with van der Waals surface area (Å²) in [5, 5.41) is 2.27. The van der Waals surface area contributed by atoms with E-state index in [9.17, 15) is 0 Å². The molecule has 0 saturated carbocycles. The third-order valence-corrected chi connectivity index (χ3v) is 5.68. The van der Waals surface area contributed by atoms with Gasteiger partial charge in [-0.15, -0.1) is 0 Å². The molecule has 3 aromatic heterocycles. The molecule has 0 atom stereocenters. The van der Waals surface area contributed by atoms with Gasteiger partial charge in [-0.05, 0) is 37.1 Å². The van der Waals surface area contributed by atoms with Gasteiger partial charge in [-0.2, -0.15) is 0 Å². The fraction of sp³-hybridized carbons (Fsp3) is 0.450. The van der Waals surface area contributed by atoms with Crippen LogP contribution in [0, 0.1) is 0 Å². The second kappa shape index (κ2) is 7.49. The lowest BCUT2D eigenvalue weighted by atomic mass is 10.1. The first-order valence-corrected chi connectivity index (χ1v) is 10.1. The zero-order chi connectivity index (χ0) is 19.8. The van der Waals surface area contributed by atoms with Crippen LogP contribution < -0.4 is 21.4 Å². The summed E-state index contributed by atoms with van der Waals surface area (Å²) in [7, 11) is 0. The molecule has 5 heterocycles. The molecule has 2 aliphatic heterocycles. The van der Waals surface area contributed by atoms with Gasteiger partial charge < -0.3 is 26.1 Å². The van der Waals surface area contributed by atoms with Crippen molar-refractivity contribution in [1.82, 2.24) is 19.6 Å². The largest absolute Gasteiger partial charge is 0.383 e. The van der Waals surface area contributed by atoms with Crippen molar-refractivity contribution >= 4 is 22.8 Å². The molecule has 152 valence electrons. The van der Waals surface area contributed by atoms with E-state index in [-0.39, 0.29) is 6.04 Å². The highest BCUT2D eigenvalue weighted by Gasteiger charge is 2.25. The van der Waals surface area contributed by atoms with Gasteiger partial charge in [0.05, 0.1) is 18.8 Å². The van der Waals surface area contributed by atoms with Crippen LogP contribution in [0.4, 0.5) is 11.6 Å². The summed E-state index contributed by atoms with van der Waals surface area (Å²) < 4.78 is 7.59. The molecule has 0 aromatic carbocycles. The average Bonchev–Trinajstić information content (AvgIpc) is 3.14. The van der Waals surface area contributed by atoms with Crippen molar-refractivity contribution in [2.75, 3.05) is 55.0 Å². The second-order valence-electron chi connectivity index (χ2n) is 7.59. The maximum atomic E-state index is 6.20. The molecule has 0 amide bonds. The van der Waals surface area contributed by atoms with Crippen molar-refractivity contribution in [1.29, 1.82) is 0 Å². The number of hydrogen-bond acceptors (Lipinski definition) is 8. The summed E-state index contributed by atoms with van der Waals surface area (Å²) in [6, 6.07) is 8.15. The van der Waals surface area contributed by atoms with Crippen molar-refractivity contribution in [3.8, 4) is 11.4 Å². The van der Waals surface area contributed by atoms with Gasteiger partial charge in [-0.25, -0.2) is 19.6 Å². The fourth-order valence-electron chi connectivity index (χ4n) is 4.04.